The van der Waals surface area contributed by atoms with Gasteiger partial charge in [-0.2, -0.15) is 4.98 Å². The zero-order valence-electron chi connectivity index (χ0n) is 10.0. The van der Waals surface area contributed by atoms with Crippen molar-refractivity contribution in [2.45, 2.75) is 6.92 Å². The summed E-state index contributed by atoms with van der Waals surface area (Å²) in [7, 11) is 0. The molecular weight excluding hydrogens is 266 g/mol. The van der Waals surface area contributed by atoms with Gasteiger partial charge in [0, 0.05) is 18.0 Å². The van der Waals surface area contributed by atoms with Gasteiger partial charge < -0.3 is 11.1 Å². The Morgan fingerprint density at radius 1 is 1.26 bits per heavy atom. The van der Waals surface area contributed by atoms with Crippen molar-refractivity contribution in [2.75, 3.05) is 11.1 Å². The van der Waals surface area contributed by atoms with E-state index in [0.29, 0.717) is 16.8 Å². The average molecular weight is 276 g/mol. The molecule has 7 nitrogen and oxygen atoms in total. The molecule has 0 aromatic carbocycles. The molecule has 96 valence electrons. The number of nitrogens with one attached hydrogen (secondary N) is 1. The highest BCUT2D eigenvalue weighted by molar-refractivity contribution is 6.32. The Morgan fingerprint density at radius 2 is 2.11 bits per heavy atom. The van der Waals surface area contributed by atoms with E-state index in [-0.39, 0.29) is 5.82 Å². The fraction of sp³-hybridized carbons (Fsp3) is 0.0909. The van der Waals surface area contributed by atoms with E-state index in [9.17, 15) is 0 Å². The summed E-state index contributed by atoms with van der Waals surface area (Å²) < 4.78 is 1.88. The lowest BCUT2D eigenvalue weighted by Gasteiger charge is -2.05. The molecule has 8 heteroatoms. The number of rotatable bonds is 2. The summed E-state index contributed by atoms with van der Waals surface area (Å²) >= 11 is 5.76. The van der Waals surface area contributed by atoms with Crippen LogP contribution in [-0.2, 0) is 0 Å². The van der Waals surface area contributed by atoms with E-state index in [2.05, 4.69) is 25.3 Å². The van der Waals surface area contributed by atoms with Gasteiger partial charge in [-0.15, -0.1) is 0 Å². The summed E-state index contributed by atoms with van der Waals surface area (Å²) in [6.45, 7) is 1.96. The first-order chi connectivity index (χ1) is 9.13. The third kappa shape index (κ3) is 2.15. The maximum Gasteiger partial charge on any atom is 0.230 e. The molecule has 0 radical (unpaired) electrons. The average Bonchev–Trinajstić information content (AvgIpc) is 2.75. The number of aromatic nitrogens is 5. The van der Waals surface area contributed by atoms with Crippen molar-refractivity contribution in [2.24, 2.45) is 0 Å². The van der Waals surface area contributed by atoms with Crippen LogP contribution in [0.3, 0.4) is 0 Å². The number of hydrogen-bond donors (Lipinski definition) is 2. The minimum Gasteiger partial charge on any atom is -0.382 e. The third-order valence-electron chi connectivity index (χ3n) is 2.60. The maximum atomic E-state index is 5.76. The Kier molecular flexibility index (Phi) is 2.68. The van der Waals surface area contributed by atoms with Crippen molar-refractivity contribution in [3.63, 3.8) is 0 Å². The molecule has 3 aromatic rings. The molecule has 0 spiro atoms. The molecule has 3 rings (SSSR count). The predicted molar refractivity (Wildman–Crippen MR) is 72.5 cm³/mol. The highest BCUT2D eigenvalue weighted by Gasteiger charge is 2.05. The number of nitrogens with zero attached hydrogens (tertiary/aromatic N) is 5. The van der Waals surface area contributed by atoms with E-state index in [4.69, 9.17) is 17.3 Å². The quantitative estimate of drug-likeness (QED) is 0.741. The lowest BCUT2D eigenvalue weighted by Crippen LogP contribution is -2.02. The van der Waals surface area contributed by atoms with Crippen LogP contribution in [0.25, 0.3) is 5.65 Å². The second-order valence-electron chi connectivity index (χ2n) is 3.95. The topological polar surface area (TPSA) is 94.0 Å². The van der Waals surface area contributed by atoms with Crippen molar-refractivity contribution in [1.82, 2.24) is 24.3 Å². The lowest BCUT2D eigenvalue weighted by atomic mass is 10.5. The highest BCUT2D eigenvalue weighted by Crippen LogP contribution is 2.18. The summed E-state index contributed by atoms with van der Waals surface area (Å²) in [6, 6.07) is 1.79. The summed E-state index contributed by atoms with van der Waals surface area (Å²) in [5, 5.41) is 3.27. The number of aryl methyl sites for hydroxylation is 1. The normalized spacial score (nSPS) is 10.8. The number of nitrogens with two attached hydrogens (primary N) is 1. The van der Waals surface area contributed by atoms with Gasteiger partial charge in [0.2, 0.25) is 5.95 Å². The molecule has 3 heterocycles. The molecule has 0 aliphatic rings. The third-order valence-corrected chi connectivity index (χ3v) is 2.89. The molecule has 0 unspecified atom stereocenters. The second kappa shape index (κ2) is 4.36. The van der Waals surface area contributed by atoms with Crippen molar-refractivity contribution in [3.8, 4) is 0 Å². The largest absolute Gasteiger partial charge is 0.382 e. The molecule has 3 aromatic heterocycles. The van der Waals surface area contributed by atoms with Crippen LogP contribution >= 0.6 is 11.6 Å². The van der Waals surface area contributed by atoms with Crippen LogP contribution in [0.4, 0.5) is 17.6 Å². The van der Waals surface area contributed by atoms with E-state index >= 15 is 0 Å². The van der Waals surface area contributed by atoms with E-state index in [1.807, 2.05) is 11.3 Å². The van der Waals surface area contributed by atoms with E-state index in [0.717, 1.165) is 11.3 Å². The molecule has 0 fully saturated rings. The Balaban J connectivity index is 1.94. The van der Waals surface area contributed by atoms with Crippen LogP contribution < -0.4 is 11.1 Å². The van der Waals surface area contributed by atoms with Gasteiger partial charge in [-0.1, -0.05) is 11.6 Å². The van der Waals surface area contributed by atoms with E-state index in [1.165, 1.54) is 6.20 Å². The predicted octanol–water partition coefficient (Wildman–Crippen LogP) is 1.81. The van der Waals surface area contributed by atoms with E-state index < -0.39 is 0 Å². The molecular formula is C11H10ClN7. The SMILES string of the molecule is Cc1cnc2cc(Nc3ncc(Cl)c(N)n3)ncn12. The van der Waals surface area contributed by atoms with Gasteiger partial charge in [0.25, 0.3) is 0 Å². The maximum absolute atomic E-state index is 5.76. The molecule has 0 bridgehead atoms. The summed E-state index contributed by atoms with van der Waals surface area (Å²) in [4.78, 5) is 16.5. The Morgan fingerprint density at radius 3 is 2.89 bits per heavy atom. The van der Waals surface area contributed by atoms with Crippen molar-refractivity contribution in [3.05, 3.63) is 35.5 Å². The Hall–Kier alpha value is -2.41. The zero-order chi connectivity index (χ0) is 13.4. The number of nitrogen functional groups attached to an aromatic ring is 1. The first-order valence-electron chi connectivity index (χ1n) is 5.48. The van der Waals surface area contributed by atoms with Gasteiger partial charge in [0.15, 0.2) is 0 Å². The van der Waals surface area contributed by atoms with Crippen molar-refractivity contribution >= 4 is 34.8 Å². The van der Waals surface area contributed by atoms with Crippen LogP contribution in [0.5, 0.6) is 0 Å². The van der Waals surface area contributed by atoms with Crippen molar-refractivity contribution < 1.29 is 0 Å². The smallest absolute Gasteiger partial charge is 0.230 e. The van der Waals surface area contributed by atoms with E-state index in [1.54, 1.807) is 18.6 Å². The van der Waals surface area contributed by atoms with Gasteiger partial charge in [-0.3, -0.25) is 4.40 Å². The number of halogens is 1. The molecule has 0 aliphatic carbocycles. The zero-order valence-corrected chi connectivity index (χ0v) is 10.8. The monoisotopic (exact) mass is 275 g/mol. The second-order valence-corrected chi connectivity index (χ2v) is 4.36. The lowest BCUT2D eigenvalue weighted by molar-refractivity contribution is 1.04. The number of fused-ring (bicyclic) bond motifs is 1. The van der Waals surface area contributed by atoms with Gasteiger partial charge in [0.05, 0.1) is 6.20 Å². The molecule has 0 aliphatic heterocycles. The number of imidazole rings is 1. The minimum atomic E-state index is 0.219. The minimum absolute atomic E-state index is 0.219. The van der Waals surface area contributed by atoms with Gasteiger partial charge >= 0.3 is 0 Å². The molecule has 0 saturated carbocycles. The summed E-state index contributed by atoms with van der Waals surface area (Å²) in [6.07, 6.45) is 4.89. The molecule has 3 N–H and O–H groups in total. The Labute approximate surface area is 113 Å². The van der Waals surface area contributed by atoms with Crippen LogP contribution in [0.2, 0.25) is 5.02 Å². The standard InChI is InChI=1S/C11H10ClN7/c1-6-3-14-9-2-8(16-5-19(6)9)17-11-15-4-7(12)10(13)18-11/h2-5H,1H3,(H3,13,15,17,18). The van der Waals surface area contributed by atoms with Crippen LogP contribution in [0.1, 0.15) is 5.69 Å². The molecule has 0 saturated heterocycles. The Bertz CT molecular complexity index is 752. The van der Waals surface area contributed by atoms with Crippen LogP contribution in [-0.4, -0.2) is 24.3 Å². The van der Waals surface area contributed by atoms with Crippen molar-refractivity contribution in [1.29, 1.82) is 0 Å². The number of anilines is 3. The summed E-state index contributed by atoms with van der Waals surface area (Å²) in [5.41, 5.74) is 7.41. The number of hydrogen-bond acceptors (Lipinski definition) is 6. The fourth-order valence-electron chi connectivity index (χ4n) is 1.62. The first kappa shape index (κ1) is 11.7. The molecule has 19 heavy (non-hydrogen) atoms. The van der Waals surface area contributed by atoms with Gasteiger partial charge in [0.1, 0.15) is 28.6 Å². The van der Waals surface area contributed by atoms with Gasteiger partial charge in [-0.05, 0) is 6.92 Å². The summed E-state index contributed by atoms with van der Waals surface area (Å²) in [5.74, 6) is 1.14. The van der Waals surface area contributed by atoms with Gasteiger partial charge in [-0.25, -0.2) is 15.0 Å². The first-order valence-corrected chi connectivity index (χ1v) is 5.86. The van der Waals surface area contributed by atoms with Crippen LogP contribution in [0.15, 0.2) is 24.8 Å². The molecule has 0 atom stereocenters. The molecule has 0 amide bonds. The highest BCUT2D eigenvalue weighted by atomic mass is 35.5. The fourth-order valence-corrected chi connectivity index (χ4v) is 1.72. The van der Waals surface area contributed by atoms with Crippen LogP contribution in [0, 0.1) is 6.92 Å².